The molecule has 2 heterocycles. The van der Waals surface area contributed by atoms with E-state index in [1.165, 1.54) is 6.20 Å². The first-order valence-corrected chi connectivity index (χ1v) is 9.36. The highest BCUT2D eigenvalue weighted by molar-refractivity contribution is 6.45. The van der Waals surface area contributed by atoms with Crippen LogP contribution in [-0.4, -0.2) is 51.1 Å². The minimum atomic E-state index is -0.993. The highest BCUT2D eigenvalue weighted by atomic mass is 35.5. The minimum Gasteiger partial charge on any atom is -0.308 e. The minimum absolute atomic E-state index is 0.0677. The van der Waals surface area contributed by atoms with Gasteiger partial charge in [0, 0.05) is 12.2 Å². The summed E-state index contributed by atoms with van der Waals surface area (Å²) in [5.41, 5.74) is 0.538. The van der Waals surface area contributed by atoms with Crippen molar-refractivity contribution < 1.29 is 19.2 Å². The number of imide groups is 2. The molecule has 0 spiro atoms. The summed E-state index contributed by atoms with van der Waals surface area (Å²) in [4.78, 5) is 54.8. The van der Waals surface area contributed by atoms with Gasteiger partial charge in [-0.1, -0.05) is 42.5 Å². The first-order valence-electron chi connectivity index (χ1n) is 8.60. The number of carbonyl (C=O) groups is 4. The Morgan fingerprint density at radius 1 is 1.19 bits per heavy atom. The van der Waals surface area contributed by atoms with Crippen molar-refractivity contribution in [2.75, 3.05) is 11.9 Å². The maximum absolute atomic E-state index is 12.6. The summed E-state index contributed by atoms with van der Waals surface area (Å²) < 4.78 is 0. The molecule has 8 nitrogen and oxygen atoms in total. The van der Waals surface area contributed by atoms with Gasteiger partial charge in [-0.2, -0.15) is 0 Å². The van der Waals surface area contributed by atoms with Gasteiger partial charge >= 0.3 is 17.8 Å². The Labute approximate surface area is 165 Å². The van der Waals surface area contributed by atoms with E-state index in [9.17, 15) is 19.2 Å². The van der Waals surface area contributed by atoms with Crippen LogP contribution in [0, 0.1) is 6.92 Å². The number of anilines is 1. The van der Waals surface area contributed by atoms with Crippen molar-refractivity contribution in [2.24, 2.45) is 0 Å². The number of carbonyl (C=O) groups excluding carboxylic acids is 4. The summed E-state index contributed by atoms with van der Waals surface area (Å²) in [6.45, 7) is 1.07. The molecule has 0 bridgehead atoms. The summed E-state index contributed by atoms with van der Waals surface area (Å²) in [5.74, 6) is -2.49. The van der Waals surface area contributed by atoms with E-state index in [-0.39, 0.29) is 16.9 Å². The van der Waals surface area contributed by atoms with Gasteiger partial charge in [-0.25, -0.2) is 14.7 Å². The molecule has 1 N–H and O–H groups in total. The van der Waals surface area contributed by atoms with E-state index >= 15 is 0 Å². The number of nitrogens with one attached hydrogen (secondary N) is 1. The van der Waals surface area contributed by atoms with Crippen LogP contribution in [0.3, 0.4) is 0 Å². The van der Waals surface area contributed by atoms with Gasteiger partial charge in [-0.15, -0.1) is 0 Å². The van der Waals surface area contributed by atoms with Gasteiger partial charge in [0.1, 0.15) is 6.54 Å². The molecule has 1 saturated carbocycles. The molecule has 1 saturated heterocycles. The van der Waals surface area contributed by atoms with E-state index in [0.29, 0.717) is 28.3 Å². The summed E-state index contributed by atoms with van der Waals surface area (Å²) in [6, 6.07) is -1.04. The molecule has 10 heteroatoms. The molecule has 0 aromatic carbocycles. The average molecular weight is 413 g/mol. The van der Waals surface area contributed by atoms with Crippen LogP contribution in [0.1, 0.15) is 37.7 Å². The molecule has 5 amide bonds. The lowest BCUT2D eigenvalue weighted by atomic mass is 9.94. The van der Waals surface area contributed by atoms with Gasteiger partial charge in [0.25, 0.3) is 0 Å². The Hall–Kier alpha value is -2.19. The summed E-state index contributed by atoms with van der Waals surface area (Å²) in [7, 11) is 0. The molecule has 1 aliphatic carbocycles. The summed E-state index contributed by atoms with van der Waals surface area (Å²) >= 11 is 12.0. The number of aromatic nitrogens is 1. The lowest BCUT2D eigenvalue weighted by molar-refractivity contribution is -0.144. The molecular weight excluding hydrogens is 395 g/mol. The van der Waals surface area contributed by atoms with Crippen LogP contribution >= 0.6 is 23.2 Å². The standard InChI is InChI=1S/C17H18Cl2N4O4/c1-9-11(18)7-20-14(13(9)19)21-12(24)8-22-15(25)16(26)23(17(22)27)10-5-3-2-4-6-10/h7,10H,2-6,8H2,1H3,(H,20,21,24). The second kappa shape index (κ2) is 7.82. The molecular formula is C17H18Cl2N4O4. The maximum Gasteiger partial charge on any atom is 0.334 e. The highest BCUT2D eigenvalue weighted by Crippen LogP contribution is 2.29. The Balaban J connectivity index is 1.70. The zero-order chi connectivity index (χ0) is 19.7. The number of amides is 5. The Kier molecular flexibility index (Phi) is 5.67. The zero-order valence-electron chi connectivity index (χ0n) is 14.6. The van der Waals surface area contributed by atoms with Crippen molar-refractivity contribution >= 4 is 52.8 Å². The number of rotatable bonds is 4. The van der Waals surface area contributed by atoms with Crippen LogP contribution in [0.15, 0.2) is 6.20 Å². The van der Waals surface area contributed by atoms with E-state index in [2.05, 4.69) is 10.3 Å². The van der Waals surface area contributed by atoms with Gasteiger partial charge in [-0.3, -0.25) is 19.3 Å². The molecule has 0 radical (unpaired) electrons. The van der Waals surface area contributed by atoms with Crippen molar-refractivity contribution in [1.82, 2.24) is 14.8 Å². The van der Waals surface area contributed by atoms with E-state index in [4.69, 9.17) is 23.2 Å². The first kappa shape index (κ1) is 19.6. The van der Waals surface area contributed by atoms with Crippen LogP contribution in [0.5, 0.6) is 0 Å². The number of urea groups is 1. The third-order valence-electron chi connectivity index (χ3n) is 4.79. The Morgan fingerprint density at radius 3 is 2.52 bits per heavy atom. The monoisotopic (exact) mass is 412 g/mol. The number of halogens is 2. The molecule has 2 fully saturated rings. The second-order valence-corrected chi connectivity index (χ2v) is 7.37. The largest absolute Gasteiger partial charge is 0.334 e. The normalized spacial score (nSPS) is 18.4. The van der Waals surface area contributed by atoms with Crippen LogP contribution in [0.25, 0.3) is 0 Å². The number of nitrogens with zero attached hydrogens (tertiary/aromatic N) is 3. The van der Waals surface area contributed by atoms with Crippen molar-refractivity contribution in [2.45, 2.75) is 45.1 Å². The first-order chi connectivity index (χ1) is 12.8. The Bertz CT molecular complexity index is 823. The molecule has 1 aromatic heterocycles. The fraction of sp³-hybridized carbons (Fsp3) is 0.471. The molecule has 27 heavy (non-hydrogen) atoms. The van der Waals surface area contributed by atoms with E-state index < -0.39 is 30.3 Å². The Morgan fingerprint density at radius 2 is 1.85 bits per heavy atom. The van der Waals surface area contributed by atoms with E-state index in [0.717, 1.165) is 24.2 Å². The maximum atomic E-state index is 12.6. The quantitative estimate of drug-likeness (QED) is 0.605. The smallest absolute Gasteiger partial charge is 0.308 e. The van der Waals surface area contributed by atoms with Crippen LogP contribution in [0.4, 0.5) is 10.6 Å². The number of pyridine rings is 1. The topological polar surface area (TPSA) is 99.7 Å². The molecule has 0 unspecified atom stereocenters. The number of hydrogen-bond acceptors (Lipinski definition) is 5. The van der Waals surface area contributed by atoms with E-state index in [1.54, 1.807) is 6.92 Å². The lowest BCUT2D eigenvalue weighted by Crippen LogP contribution is -2.43. The van der Waals surface area contributed by atoms with Crippen molar-refractivity contribution in [3.63, 3.8) is 0 Å². The van der Waals surface area contributed by atoms with Gasteiger partial charge in [0.15, 0.2) is 5.82 Å². The van der Waals surface area contributed by atoms with Crippen LogP contribution in [-0.2, 0) is 14.4 Å². The summed E-state index contributed by atoms with van der Waals surface area (Å²) in [6.07, 6.45) is 5.52. The third-order valence-corrected chi connectivity index (χ3v) is 5.63. The fourth-order valence-electron chi connectivity index (χ4n) is 3.28. The highest BCUT2D eigenvalue weighted by Gasteiger charge is 2.48. The fourth-order valence-corrected chi connectivity index (χ4v) is 3.67. The number of hydrogen-bond donors (Lipinski definition) is 1. The second-order valence-electron chi connectivity index (χ2n) is 6.58. The predicted molar refractivity (Wildman–Crippen MR) is 98.5 cm³/mol. The predicted octanol–water partition coefficient (Wildman–Crippen LogP) is 2.76. The third kappa shape index (κ3) is 3.77. The molecule has 1 aromatic rings. The molecule has 1 aliphatic heterocycles. The van der Waals surface area contributed by atoms with Gasteiger partial charge < -0.3 is 5.32 Å². The van der Waals surface area contributed by atoms with E-state index in [1.807, 2.05) is 0 Å². The molecule has 144 valence electrons. The van der Waals surface area contributed by atoms with Crippen LogP contribution < -0.4 is 5.32 Å². The van der Waals surface area contributed by atoms with Gasteiger partial charge in [0.05, 0.1) is 10.0 Å². The zero-order valence-corrected chi connectivity index (χ0v) is 16.1. The van der Waals surface area contributed by atoms with Crippen LogP contribution in [0.2, 0.25) is 10.0 Å². The SMILES string of the molecule is Cc1c(Cl)cnc(NC(=O)CN2C(=O)C(=O)N(C3CCCCC3)C2=O)c1Cl. The summed E-state index contributed by atoms with van der Waals surface area (Å²) in [5, 5.41) is 2.94. The van der Waals surface area contributed by atoms with Crippen molar-refractivity contribution in [3.05, 3.63) is 21.8 Å². The molecule has 2 aliphatic rings. The average Bonchev–Trinajstić information content (AvgIpc) is 2.86. The van der Waals surface area contributed by atoms with Gasteiger partial charge in [-0.05, 0) is 25.3 Å². The molecule has 3 rings (SSSR count). The van der Waals surface area contributed by atoms with Gasteiger partial charge in [0.2, 0.25) is 5.91 Å². The van der Waals surface area contributed by atoms with Crippen molar-refractivity contribution in [1.29, 1.82) is 0 Å². The lowest BCUT2D eigenvalue weighted by Gasteiger charge is -2.28. The van der Waals surface area contributed by atoms with Crippen molar-refractivity contribution in [3.8, 4) is 0 Å². The molecule has 0 atom stereocenters.